The van der Waals surface area contributed by atoms with Crippen molar-refractivity contribution in [3.8, 4) is 0 Å². The molecule has 1 fully saturated rings. The topological polar surface area (TPSA) is 82.2 Å². The van der Waals surface area contributed by atoms with E-state index in [0.717, 1.165) is 10.0 Å². The number of rotatable bonds is 3. The summed E-state index contributed by atoms with van der Waals surface area (Å²) in [7, 11) is 0. The van der Waals surface area contributed by atoms with Crippen LogP contribution in [0.3, 0.4) is 0 Å². The summed E-state index contributed by atoms with van der Waals surface area (Å²) in [5.41, 5.74) is 7.29. The molecule has 1 heterocycles. The zero-order chi connectivity index (χ0) is 15.4. The lowest BCUT2D eigenvalue weighted by atomic mass is 10.1. The van der Waals surface area contributed by atoms with E-state index < -0.39 is 0 Å². The van der Waals surface area contributed by atoms with Gasteiger partial charge in [0.05, 0.1) is 12.1 Å². The minimum atomic E-state index is 0.0327. The fraction of sp³-hybridized carbons (Fsp3) is 0.429. The summed E-state index contributed by atoms with van der Waals surface area (Å²) in [6.45, 7) is 5.12. The number of carbonyl (C=O) groups excluding carboxylic acids is 1. The summed E-state index contributed by atoms with van der Waals surface area (Å²) in [5, 5.41) is 11.5. The maximum atomic E-state index is 12.5. The Bertz CT molecular complexity index is 554. The Balaban J connectivity index is 1.97. The van der Waals surface area contributed by atoms with E-state index in [2.05, 4.69) is 26.0 Å². The summed E-state index contributed by atoms with van der Waals surface area (Å²) in [4.78, 5) is 16.4. The summed E-state index contributed by atoms with van der Waals surface area (Å²) in [6.07, 6.45) is 0. The molecule has 0 spiro atoms. The van der Waals surface area contributed by atoms with Crippen molar-refractivity contribution in [2.75, 3.05) is 32.7 Å². The van der Waals surface area contributed by atoms with E-state index >= 15 is 0 Å². The molecule has 1 aromatic rings. The van der Waals surface area contributed by atoms with Crippen LogP contribution in [0.15, 0.2) is 27.8 Å². The molecule has 0 bridgehead atoms. The minimum Gasteiger partial charge on any atom is -0.409 e. The minimum absolute atomic E-state index is 0.0327. The molecular weight excluding hydrogens is 336 g/mol. The highest BCUT2D eigenvalue weighted by atomic mass is 79.9. The van der Waals surface area contributed by atoms with E-state index in [-0.39, 0.29) is 11.7 Å². The van der Waals surface area contributed by atoms with E-state index in [1.165, 1.54) is 0 Å². The van der Waals surface area contributed by atoms with E-state index in [1.54, 1.807) is 0 Å². The van der Waals surface area contributed by atoms with Gasteiger partial charge < -0.3 is 15.8 Å². The number of amides is 1. The second-order valence-electron chi connectivity index (χ2n) is 5.14. The zero-order valence-electron chi connectivity index (χ0n) is 11.9. The number of amidine groups is 1. The van der Waals surface area contributed by atoms with Gasteiger partial charge in [-0.25, -0.2) is 0 Å². The van der Waals surface area contributed by atoms with Crippen molar-refractivity contribution in [2.24, 2.45) is 10.9 Å². The number of piperazine rings is 1. The third kappa shape index (κ3) is 3.95. The van der Waals surface area contributed by atoms with Crippen molar-refractivity contribution >= 4 is 27.7 Å². The number of carbonyl (C=O) groups is 1. The molecule has 6 nitrogen and oxygen atoms in total. The van der Waals surface area contributed by atoms with Crippen LogP contribution in [0.4, 0.5) is 0 Å². The Morgan fingerprint density at radius 1 is 1.38 bits per heavy atom. The number of nitrogens with zero attached hydrogens (tertiary/aromatic N) is 3. The molecule has 0 unspecified atom stereocenters. The quantitative estimate of drug-likeness (QED) is 0.370. The number of benzene rings is 1. The fourth-order valence-electron chi connectivity index (χ4n) is 2.33. The van der Waals surface area contributed by atoms with Crippen molar-refractivity contribution in [1.29, 1.82) is 0 Å². The monoisotopic (exact) mass is 354 g/mol. The largest absolute Gasteiger partial charge is 0.409 e. The van der Waals surface area contributed by atoms with Crippen LogP contribution >= 0.6 is 15.9 Å². The Morgan fingerprint density at radius 3 is 2.62 bits per heavy atom. The Kier molecular flexibility index (Phi) is 5.19. The van der Waals surface area contributed by atoms with Gasteiger partial charge in [0.15, 0.2) is 5.84 Å². The molecule has 1 amide bonds. The van der Waals surface area contributed by atoms with E-state index in [4.69, 9.17) is 10.9 Å². The van der Waals surface area contributed by atoms with Crippen LogP contribution in [0.1, 0.15) is 15.9 Å². The van der Waals surface area contributed by atoms with Gasteiger partial charge in [0.2, 0.25) is 0 Å². The van der Waals surface area contributed by atoms with Gasteiger partial charge in [0.25, 0.3) is 5.91 Å². The van der Waals surface area contributed by atoms with Crippen LogP contribution in [0.2, 0.25) is 0 Å². The maximum Gasteiger partial charge on any atom is 0.255 e. The van der Waals surface area contributed by atoms with Gasteiger partial charge in [-0.05, 0) is 40.5 Å². The molecule has 1 aromatic carbocycles. The Hall–Kier alpha value is -1.60. The number of halogens is 1. The van der Waals surface area contributed by atoms with E-state index in [0.29, 0.717) is 38.3 Å². The van der Waals surface area contributed by atoms with Crippen molar-refractivity contribution in [3.05, 3.63) is 33.8 Å². The first-order valence-electron chi connectivity index (χ1n) is 6.75. The predicted octanol–water partition coefficient (Wildman–Crippen LogP) is 1.26. The number of hydrogen-bond donors (Lipinski definition) is 2. The van der Waals surface area contributed by atoms with E-state index in [9.17, 15) is 4.79 Å². The van der Waals surface area contributed by atoms with Gasteiger partial charge >= 0.3 is 0 Å². The standard InChI is InChI=1S/C14H19BrN4O2/c1-10-2-3-11(12(15)8-10)14(20)19-6-4-18(5-7-19)9-13(16)17-21/h2-3,8,21H,4-7,9H2,1H3,(H2,16,17). The lowest BCUT2D eigenvalue weighted by molar-refractivity contribution is 0.0652. The molecule has 114 valence electrons. The molecule has 1 aliphatic rings. The predicted molar refractivity (Wildman–Crippen MR) is 84.6 cm³/mol. The highest BCUT2D eigenvalue weighted by Gasteiger charge is 2.23. The van der Waals surface area contributed by atoms with Gasteiger partial charge in [-0.15, -0.1) is 0 Å². The van der Waals surface area contributed by atoms with Crippen LogP contribution < -0.4 is 5.73 Å². The van der Waals surface area contributed by atoms with Crippen LogP contribution in [-0.4, -0.2) is 59.5 Å². The Labute approximate surface area is 132 Å². The maximum absolute atomic E-state index is 12.5. The lowest BCUT2D eigenvalue weighted by Gasteiger charge is -2.34. The van der Waals surface area contributed by atoms with Gasteiger partial charge in [0.1, 0.15) is 0 Å². The molecule has 3 N–H and O–H groups in total. The first-order chi connectivity index (χ1) is 10.0. The van der Waals surface area contributed by atoms with Crippen molar-refractivity contribution in [1.82, 2.24) is 9.80 Å². The molecule has 1 saturated heterocycles. The van der Waals surface area contributed by atoms with Gasteiger partial charge in [-0.2, -0.15) is 0 Å². The number of nitrogens with two attached hydrogens (primary N) is 1. The van der Waals surface area contributed by atoms with Crippen LogP contribution in [0.5, 0.6) is 0 Å². The molecule has 2 rings (SSSR count). The van der Waals surface area contributed by atoms with Gasteiger partial charge in [-0.3, -0.25) is 9.69 Å². The summed E-state index contributed by atoms with van der Waals surface area (Å²) < 4.78 is 0.826. The number of hydrogen-bond acceptors (Lipinski definition) is 4. The molecular formula is C14H19BrN4O2. The normalized spacial score (nSPS) is 17.0. The van der Waals surface area contributed by atoms with E-state index in [1.807, 2.05) is 30.0 Å². The molecule has 0 atom stereocenters. The van der Waals surface area contributed by atoms with Gasteiger partial charge in [-0.1, -0.05) is 11.2 Å². The van der Waals surface area contributed by atoms with Crippen LogP contribution in [-0.2, 0) is 0 Å². The molecule has 0 aromatic heterocycles. The number of aryl methyl sites for hydroxylation is 1. The number of oxime groups is 1. The van der Waals surface area contributed by atoms with Crippen LogP contribution in [0.25, 0.3) is 0 Å². The second kappa shape index (κ2) is 6.91. The molecule has 0 aliphatic carbocycles. The van der Waals surface area contributed by atoms with Crippen molar-refractivity contribution in [3.63, 3.8) is 0 Å². The third-order valence-corrected chi connectivity index (χ3v) is 4.18. The fourth-order valence-corrected chi connectivity index (χ4v) is 3.00. The van der Waals surface area contributed by atoms with Crippen molar-refractivity contribution in [2.45, 2.75) is 6.92 Å². The average Bonchev–Trinajstić information content (AvgIpc) is 2.47. The smallest absolute Gasteiger partial charge is 0.255 e. The van der Waals surface area contributed by atoms with Crippen molar-refractivity contribution < 1.29 is 10.0 Å². The summed E-state index contributed by atoms with van der Waals surface area (Å²) in [6, 6.07) is 5.74. The Morgan fingerprint density at radius 2 is 2.05 bits per heavy atom. The highest BCUT2D eigenvalue weighted by molar-refractivity contribution is 9.10. The second-order valence-corrected chi connectivity index (χ2v) is 6.00. The zero-order valence-corrected chi connectivity index (χ0v) is 13.5. The third-order valence-electron chi connectivity index (χ3n) is 3.53. The highest BCUT2D eigenvalue weighted by Crippen LogP contribution is 2.20. The molecule has 0 saturated carbocycles. The summed E-state index contributed by atoms with van der Waals surface area (Å²) in [5.74, 6) is 0.223. The van der Waals surface area contributed by atoms with Gasteiger partial charge in [0, 0.05) is 30.7 Å². The average molecular weight is 355 g/mol. The lowest BCUT2D eigenvalue weighted by Crippen LogP contribution is -2.50. The molecule has 1 aliphatic heterocycles. The first kappa shape index (κ1) is 15.8. The molecule has 7 heteroatoms. The molecule has 0 radical (unpaired) electrons. The first-order valence-corrected chi connectivity index (χ1v) is 7.54. The SMILES string of the molecule is Cc1ccc(C(=O)N2CCN(C/C(N)=N/O)CC2)c(Br)c1. The molecule has 21 heavy (non-hydrogen) atoms. The van der Waals surface area contributed by atoms with Crippen LogP contribution in [0, 0.1) is 6.92 Å². The summed E-state index contributed by atoms with van der Waals surface area (Å²) >= 11 is 3.45.